The van der Waals surface area contributed by atoms with E-state index in [4.69, 9.17) is 0 Å². The minimum absolute atomic E-state index is 0.0706. The van der Waals surface area contributed by atoms with Gasteiger partial charge in [0.2, 0.25) is 0 Å². The van der Waals surface area contributed by atoms with E-state index >= 15 is 0 Å². The Hall–Kier alpha value is -0.0200. The number of aliphatic hydroxyl groups excluding tert-OH is 1. The molecule has 3 heteroatoms. The van der Waals surface area contributed by atoms with Crippen molar-refractivity contribution < 1.29 is 9.90 Å². The van der Waals surface area contributed by atoms with Gasteiger partial charge in [-0.1, -0.05) is 0 Å². The van der Waals surface area contributed by atoms with Crippen LogP contribution in [0.25, 0.3) is 0 Å². The highest BCUT2D eigenvalue weighted by atomic mass is 32.1. The molecule has 1 N–H and O–H groups in total. The molecule has 1 fully saturated rings. The summed E-state index contributed by atoms with van der Waals surface area (Å²) in [6.07, 6.45) is 3.05. The third-order valence-corrected chi connectivity index (χ3v) is 2.65. The molecule has 1 aliphatic carbocycles. The molecule has 2 nitrogen and oxygen atoms in total. The van der Waals surface area contributed by atoms with E-state index in [2.05, 4.69) is 12.6 Å². The summed E-state index contributed by atoms with van der Waals surface area (Å²) in [5.41, 5.74) is 0. The lowest BCUT2D eigenvalue weighted by Gasteiger charge is -2.28. The van der Waals surface area contributed by atoms with Crippen molar-refractivity contribution in [2.24, 2.45) is 5.92 Å². The molecule has 0 aliphatic heterocycles. The van der Waals surface area contributed by atoms with E-state index in [1.165, 1.54) is 0 Å². The second-order valence-corrected chi connectivity index (χ2v) is 3.44. The lowest BCUT2D eigenvalue weighted by molar-refractivity contribution is -0.115. The molecule has 1 aliphatic rings. The van der Waals surface area contributed by atoms with Gasteiger partial charge in [0.25, 0.3) is 0 Å². The molecule has 3 unspecified atom stereocenters. The van der Waals surface area contributed by atoms with Crippen molar-refractivity contribution in [2.75, 3.05) is 0 Å². The fraction of sp³-hybridized carbons (Fsp3) is 0.857. The summed E-state index contributed by atoms with van der Waals surface area (Å²) in [5, 5.41) is 9.33. The molecule has 3 atom stereocenters. The van der Waals surface area contributed by atoms with Crippen molar-refractivity contribution in [3.63, 3.8) is 0 Å². The number of carbonyl (C=O) groups excluding carboxylic acids is 1. The predicted octanol–water partition coefficient (Wildman–Crippen LogP) is 0.645. The molecule has 0 aromatic carbocycles. The average Bonchev–Trinajstić information content (AvgIpc) is 1.88. The molecule has 0 bridgehead atoms. The fourth-order valence-corrected chi connectivity index (χ4v) is 1.81. The van der Waals surface area contributed by atoms with Crippen LogP contribution in [-0.2, 0) is 4.79 Å². The van der Waals surface area contributed by atoms with Crippen molar-refractivity contribution >= 4 is 18.9 Å². The van der Waals surface area contributed by atoms with Gasteiger partial charge in [0.1, 0.15) is 6.29 Å². The second kappa shape index (κ2) is 3.39. The predicted molar refractivity (Wildman–Crippen MR) is 42.2 cm³/mol. The van der Waals surface area contributed by atoms with Crippen LogP contribution < -0.4 is 0 Å². The van der Waals surface area contributed by atoms with Crippen molar-refractivity contribution in [2.45, 2.75) is 30.6 Å². The molecular formula is C7H12O2S. The van der Waals surface area contributed by atoms with Crippen LogP contribution in [0.5, 0.6) is 0 Å². The van der Waals surface area contributed by atoms with Gasteiger partial charge in [-0.3, -0.25) is 0 Å². The summed E-state index contributed by atoms with van der Waals surface area (Å²) in [4.78, 5) is 10.4. The zero-order chi connectivity index (χ0) is 7.56. The van der Waals surface area contributed by atoms with Gasteiger partial charge in [-0.05, 0) is 19.3 Å². The normalized spacial score (nSPS) is 41.2. The third-order valence-electron chi connectivity index (χ3n) is 2.05. The lowest BCUT2D eigenvalue weighted by atomic mass is 9.87. The second-order valence-electron chi connectivity index (χ2n) is 2.78. The molecule has 0 saturated heterocycles. The monoisotopic (exact) mass is 160 g/mol. The minimum Gasteiger partial charge on any atom is -0.392 e. The SMILES string of the molecule is O=CC1C(O)CCCC1S. The van der Waals surface area contributed by atoms with Gasteiger partial charge in [-0.2, -0.15) is 12.6 Å². The molecule has 1 rings (SSSR count). The quantitative estimate of drug-likeness (QED) is 0.436. The van der Waals surface area contributed by atoms with Crippen LogP contribution in [0, 0.1) is 5.92 Å². The molecule has 0 radical (unpaired) electrons. The summed E-state index contributed by atoms with van der Waals surface area (Å²) in [7, 11) is 0. The number of hydrogen-bond acceptors (Lipinski definition) is 3. The Morgan fingerprint density at radius 3 is 2.60 bits per heavy atom. The topological polar surface area (TPSA) is 37.3 Å². The van der Waals surface area contributed by atoms with Gasteiger partial charge >= 0.3 is 0 Å². The van der Waals surface area contributed by atoms with Crippen LogP contribution >= 0.6 is 12.6 Å². The highest BCUT2D eigenvalue weighted by molar-refractivity contribution is 7.81. The maximum atomic E-state index is 10.4. The van der Waals surface area contributed by atoms with Gasteiger partial charge in [0.05, 0.1) is 12.0 Å². The van der Waals surface area contributed by atoms with Gasteiger partial charge in [0.15, 0.2) is 0 Å². The minimum atomic E-state index is -0.450. The molecule has 1 saturated carbocycles. The lowest BCUT2D eigenvalue weighted by Crippen LogP contribution is -2.34. The van der Waals surface area contributed by atoms with E-state index in [9.17, 15) is 9.90 Å². The van der Waals surface area contributed by atoms with E-state index in [1.807, 2.05) is 0 Å². The van der Waals surface area contributed by atoms with Crippen LogP contribution in [0.15, 0.2) is 0 Å². The molecule has 0 amide bonds. The van der Waals surface area contributed by atoms with E-state index in [0.717, 1.165) is 25.5 Å². The van der Waals surface area contributed by atoms with E-state index in [-0.39, 0.29) is 11.2 Å². The largest absolute Gasteiger partial charge is 0.392 e. The van der Waals surface area contributed by atoms with Crippen molar-refractivity contribution in [3.8, 4) is 0 Å². The summed E-state index contributed by atoms with van der Waals surface area (Å²) < 4.78 is 0. The Balaban J connectivity index is 2.53. The number of thiol groups is 1. The molecular weight excluding hydrogens is 148 g/mol. The maximum absolute atomic E-state index is 10.4. The number of aliphatic hydroxyl groups is 1. The van der Waals surface area contributed by atoms with E-state index in [1.54, 1.807) is 0 Å². The zero-order valence-electron chi connectivity index (χ0n) is 5.73. The summed E-state index contributed by atoms with van der Waals surface area (Å²) in [6.45, 7) is 0. The third kappa shape index (κ3) is 1.52. The Bertz CT molecular complexity index is 117. The van der Waals surface area contributed by atoms with Crippen molar-refractivity contribution in [1.29, 1.82) is 0 Å². The van der Waals surface area contributed by atoms with Crippen LogP contribution in [0.4, 0.5) is 0 Å². The van der Waals surface area contributed by atoms with Crippen molar-refractivity contribution in [1.82, 2.24) is 0 Å². The summed E-state index contributed by atoms with van der Waals surface area (Å²) in [6, 6.07) is 0. The van der Waals surface area contributed by atoms with E-state index < -0.39 is 6.10 Å². The first-order valence-corrected chi connectivity index (χ1v) is 4.08. The number of aldehydes is 1. The molecule has 10 heavy (non-hydrogen) atoms. The first kappa shape index (κ1) is 8.08. The highest BCUT2D eigenvalue weighted by Crippen LogP contribution is 2.26. The van der Waals surface area contributed by atoms with Crippen LogP contribution in [0.3, 0.4) is 0 Å². The number of carbonyl (C=O) groups is 1. The average molecular weight is 160 g/mol. The standard InChI is InChI=1S/C7H12O2S/c8-4-5-6(9)2-1-3-7(5)10/h4-7,9-10H,1-3H2. The Labute approximate surface area is 66.0 Å². The highest BCUT2D eigenvalue weighted by Gasteiger charge is 2.29. The first-order chi connectivity index (χ1) is 4.75. The maximum Gasteiger partial charge on any atom is 0.126 e. The van der Waals surface area contributed by atoms with Crippen LogP contribution in [0.1, 0.15) is 19.3 Å². The van der Waals surface area contributed by atoms with Gasteiger partial charge in [0, 0.05) is 5.25 Å². The van der Waals surface area contributed by atoms with Gasteiger partial charge in [-0.15, -0.1) is 0 Å². The molecule has 58 valence electrons. The van der Waals surface area contributed by atoms with Crippen LogP contribution in [-0.4, -0.2) is 22.7 Å². The Morgan fingerprint density at radius 2 is 2.20 bits per heavy atom. The smallest absolute Gasteiger partial charge is 0.126 e. The summed E-state index contributed by atoms with van der Waals surface area (Å²) >= 11 is 4.20. The molecule has 0 aromatic rings. The first-order valence-electron chi connectivity index (χ1n) is 3.57. The molecule has 0 heterocycles. The Morgan fingerprint density at radius 1 is 1.50 bits per heavy atom. The van der Waals surface area contributed by atoms with Crippen LogP contribution in [0.2, 0.25) is 0 Å². The number of hydrogen-bond donors (Lipinski definition) is 2. The fourth-order valence-electron chi connectivity index (χ4n) is 1.36. The van der Waals surface area contributed by atoms with E-state index in [0.29, 0.717) is 0 Å². The van der Waals surface area contributed by atoms with Crippen molar-refractivity contribution in [3.05, 3.63) is 0 Å². The van der Waals surface area contributed by atoms with Gasteiger partial charge < -0.3 is 9.90 Å². The zero-order valence-corrected chi connectivity index (χ0v) is 6.63. The Kier molecular flexibility index (Phi) is 2.74. The van der Waals surface area contributed by atoms with Gasteiger partial charge in [-0.25, -0.2) is 0 Å². The number of rotatable bonds is 1. The molecule has 0 aromatic heterocycles. The molecule has 0 spiro atoms. The summed E-state index contributed by atoms with van der Waals surface area (Å²) in [5.74, 6) is -0.239.